The molecular weight excluding hydrogens is 272 g/mol. The van der Waals surface area contributed by atoms with Crippen molar-refractivity contribution in [2.45, 2.75) is 55.8 Å². The average molecular weight is 298 g/mol. The highest BCUT2D eigenvalue weighted by molar-refractivity contribution is 7.85. The normalized spacial score (nSPS) is 16.6. The summed E-state index contributed by atoms with van der Waals surface area (Å²) < 4.78 is 12.7. The van der Waals surface area contributed by atoms with Crippen LogP contribution in [-0.4, -0.2) is 31.9 Å². The van der Waals surface area contributed by atoms with E-state index in [1.54, 1.807) is 13.8 Å². The van der Waals surface area contributed by atoms with Crippen LogP contribution >= 0.6 is 0 Å². The highest BCUT2D eigenvalue weighted by Gasteiger charge is 2.32. The molecule has 3 unspecified atom stereocenters. The Morgan fingerprint density at radius 3 is 2.25 bits per heavy atom. The van der Waals surface area contributed by atoms with Crippen LogP contribution in [0.3, 0.4) is 0 Å². The minimum absolute atomic E-state index is 0.177. The van der Waals surface area contributed by atoms with E-state index in [2.05, 4.69) is 6.92 Å². The Hall–Kier alpha value is -0.710. The molecule has 0 aliphatic rings. The molecule has 114 valence electrons. The van der Waals surface area contributed by atoms with Crippen LogP contribution in [0, 0.1) is 5.92 Å². The van der Waals surface area contributed by atoms with Crippen LogP contribution in [0.5, 0.6) is 0 Å². The first-order chi connectivity index (χ1) is 9.36. The van der Waals surface area contributed by atoms with Crippen LogP contribution < -0.4 is 0 Å². The van der Waals surface area contributed by atoms with Crippen molar-refractivity contribution in [3.63, 3.8) is 0 Å². The third-order valence-electron chi connectivity index (χ3n) is 3.57. The van der Waals surface area contributed by atoms with Gasteiger partial charge in [0.15, 0.2) is 0 Å². The van der Waals surface area contributed by atoms with Crippen LogP contribution in [0.4, 0.5) is 0 Å². The molecule has 1 aromatic rings. The molecule has 0 amide bonds. The number of rotatable bonds is 8. The lowest BCUT2D eigenvalue weighted by atomic mass is 9.95. The summed E-state index contributed by atoms with van der Waals surface area (Å²) in [5.74, 6) is 0.373. The Bertz CT molecular complexity index is 411. The fraction of sp³-hybridized carbons (Fsp3) is 0.625. The topological polar surface area (TPSA) is 57.5 Å². The zero-order valence-corrected chi connectivity index (χ0v) is 13.4. The Morgan fingerprint density at radius 1 is 1.15 bits per heavy atom. The zero-order chi connectivity index (χ0) is 15.2. The molecule has 1 rings (SSSR count). The molecule has 1 aromatic carbocycles. The van der Waals surface area contributed by atoms with Gasteiger partial charge in [-0.15, -0.1) is 0 Å². The van der Waals surface area contributed by atoms with E-state index in [1.807, 2.05) is 30.3 Å². The fourth-order valence-electron chi connectivity index (χ4n) is 2.24. The molecule has 0 aliphatic carbocycles. The zero-order valence-electron chi connectivity index (χ0n) is 12.6. The predicted octanol–water partition coefficient (Wildman–Crippen LogP) is 2.73. The highest BCUT2D eigenvalue weighted by Crippen LogP contribution is 2.26. The molecular formula is C16H26O3S. The van der Waals surface area contributed by atoms with Gasteiger partial charge in [0, 0.05) is 11.5 Å². The second-order valence-electron chi connectivity index (χ2n) is 5.95. The first-order valence-corrected chi connectivity index (χ1v) is 8.36. The van der Waals surface area contributed by atoms with E-state index in [0.29, 0.717) is 12.3 Å². The van der Waals surface area contributed by atoms with E-state index in [1.165, 1.54) is 0 Å². The van der Waals surface area contributed by atoms with Gasteiger partial charge in [0.25, 0.3) is 0 Å². The van der Waals surface area contributed by atoms with Gasteiger partial charge in [-0.25, -0.2) is 0 Å². The monoisotopic (exact) mass is 298 g/mol. The molecule has 0 saturated carbocycles. The van der Waals surface area contributed by atoms with Gasteiger partial charge in [0.1, 0.15) is 0 Å². The van der Waals surface area contributed by atoms with Gasteiger partial charge in [0.05, 0.1) is 21.7 Å². The molecule has 0 heterocycles. The SMILES string of the molecule is CC(CCO)CCC(S(=O)c1ccccc1)C(C)(C)O. The maximum atomic E-state index is 12.7. The predicted molar refractivity (Wildman–Crippen MR) is 83.0 cm³/mol. The maximum absolute atomic E-state index is 12.7. The summed E-state index contributed by atoms with van der Waals surface area (Å²) in [5, 5.41) is 18.9. The van der Waals surface area contributed by atoms with E-state index in [4.69, 9.17) is 5.11 Å². The smallest absolute Gasteiger partial charge is 0.0738 e. The highest BCUT2D eigenvalue weighted by atomic mass is 32.2. The summed E-state index contributed by atoms with van der Waals surface area (Å²) in [6, 6.07) is 9.30. The first-order valence-electron chi connectivity index (χ1n) is 7.15. The van der Waals surface area contributed by atoms with Crippen LogP contribution in [0.1, 0.15) is 40.0 Å². The van der Waals surface area contributed by atoms with Gasteiger partial charge in [-0.1, -0.05) is 25.1 Å². The van der Waals surface area contributed by atoms with Crippen LogP contribution in [0.2, 0.25) is 0 Å². The Morgan fingerprint density at radius 2 is 1.75 bits per heavy atom. The van der Waals surface area contributed by atoms with E-state index in [-0.39, 0.29) is 11.9 Å². The summed E-state index contributed by atoms with van der Waals surface area (Å²) in [6.45, 7) is 5.68. The van der Waals surface area contributed by atoms with E-state index in [0.717, 1.165) is 17.7 Å². The average Bonchev–Trinajstić information content (AvgIpc) is 2.38. The second-order valence-corrected chi connectivity index (χ2v) is 7.58. The van der Waals surface area contributed by atoms with Gasteiger partial charge in [0.2, 0.25) is 0 Å². The van der Waals surface area contributed by atoms with Crippen LogP contribution in [-0.2, 0) is 10.8 Å². The quantitative estimate of drug-likeness (QED) is 0.776. The molecule has 2 N–H and O–H groups in total. The van der Waals surface area contributed by atoms with Gasteiger partial charge in [-0.2, -0.15) is 0 Å². The maximum Gasteiger partial charge on any atom is 0.0738 e. The standard InChI is InChI=1S/C16H26O3S/c1-13(11-12-17)9-10-15(16(2,3)18)20(19)14-7-5-4-6-8-14/h4-8,13,15,17-18H,9-12H2,1-3H3. The third-order valence-corrected chi connectivity index (χ3v) is 5.63. The van der Waals surface area contributed by atoms with Crippen molar-refractivity contribution in [2.24, 2.45) is 5.92 Å². The lowest BCUT2D eigenvalue weighted by Gasteiger charge is -2.29. The Labute approximate surface area is 124 Å². The molecule has 0 spiro atoms. The number of benzene rings is 1. The molecule has 0 fully saturated rings. The van der Waals surface area contributed by atoms with Crippen molar-refractivity contribution in [2.75, 3.05) is 6.61 Å². The largest absolute Gasteiger partial charge is 0.396 e. The summed E-state index contributed by atoms with van der Waals surface area (Å²) >= 11 is 0. The Kier molecular flexibility index (Phi) is 6.86. The summed E-state index contributed by atoms with van der Waals surface area (Å²) in [4.78, 5) is 0.759. The number of aliphatic hydroxyl groups excluding tert-OH is 1. The van der Waals surface area contributed by atoms with E-state index >= 15 is 0 Å². The minimum Gasteiger partial charge on any atom is -0.396 e. The fourth-order valence-corrected chi connectivity index (χ4v) is 3.87. The van der Waals surface area contributed by atoms with Gasteiger partial charge in [-0.3, -0.25) is 4.21 Å². The van der Waals surface area contributed by atoms with Crippen molar-refractivity contribution < 1.29 is 14.4 Å². The molecule has 0 saturated heterocycles. The second kappa shape index (κ2) is 7.91. The summed E-state index contributed by atoms with van der Waals surface area (Å²) in [5.41, 5.74) is -0.986. The molecule has 4 heteroatoms. The number of aliphatic hydroxyl groups is 2. The van der Waals surface area contributed by atoms with Crippen molar-refractivity contribution in [3.05, 3.63) is 30.3 Å². The van der Waals surface area contributed by atoms with E-state index in [9.17, 15) is 9.32 Å². The minimum atomic E-state index is -1.22. The van der Waals surface area contributed by atoms with E-state index < -0.39 is 16.4 Å². The van der Waals surface area contributed by atoms with Gasteiger partial charge < -0.3 is 10.2 Å². The number of hydrogen-bond acceptors (Lipinski definition) is 3. The molecule has 3 nitrogen and oxygen atoms in total. The van der Waals surface area contributed by atoms with Crippen LogP contribution in [0.25, 0.3) is 0 Å². The molecule has 0 aromatic heterocycles. The molecule has 3 atom stereocenters. The lowest BCUT2D eigenvalue weighted by molar-refractivity contribution is 0.0717. The van der Waals surface area contributed by atoms with Crippen molar-refractivity contribution in [1.29, 1.82) is 0 Å². The van der Waals surface area contributed by atoms with Gasteiger partial charge >= 0.3 is 0 Å². The summed E-state index contributed by atoms with van der Waals surface area (Å²) in [7, 11) is -1.22. The van der Waals surface area contributed by atoms with Gasteiger partial charge in [-0.05, 0) is 51.2 Å². The van der Waals surface area contributed by atoms with Crippen molar-refractivity contribution in [3.8, 4) is 0 Å². The summed E-state index contributed by atoms with van der Waals surface area (Å²) in [6.07, 6.45) is 2.29. The molecule has 0 aliphatic heterocycles. The van der Waals surface area contributed by atoms with Crippen molar-refractivity contribution >= 4 is 10.8 Å². The molecule has 0 radical (unpaired) electrons. The lowest BCUT2D eigenvalue weighted by Crippen LogP contribution is -2.39. The first kappa shape index (κ1) is 17.3. The molecule has 0 bridgehead atoms. The third kappa shape index (κ3) is 5.35. The van der Waals surface area contributed by atoms with Crippen LogP contribution in [0.15, 0.2) is 35.2 Å². The van der Waals surface area contributed by atoms with Crippen molar-refractivity contribution in [1.82, 2.24) is 0 Å². The Balaban J connectivity index is 2.78. The number of hydrogen-bond donors (Lipinski definition) is 2. The molecule has 20 heavy (non-hydrogen) atoms.